The molecular formula is C16H9BrCl3N3O. The van der Waals surface area contributed by atoms with Crippen LogP contribution in [0.15, 0.2) is 53.4 Å². The van der Waals surface area contributed by atoms with E-state index in [1.807, 2.05) is 0 Å². The number of anilines is 1. The number of nitrogens with zero attached hydrogens (tertiary/aromatic N) is 2. The van der Waals surface area contributed by atoms with Gasteiger partial charge in [0.2, 0.25) is 0 Å². The topological polar surface area (TPSA) is 46.9 Å². The van der Waals surface area contributed by atoms with Gasteiger partial charge in [0.05, 0.1) is 25.2 Å². The van der Waals surface area contributed by atoms with Crippen molar-refractivity contribution in [1.29, 1.82) is 0 Å². The molecule has 3 rings (SSSR count). The zero-order valence-electron chi connectivity index (χ0n) is 11.9. The number of rotatable bonds is 3. The van der Waals surface area contributed by atoms with Crippen LogP contribution in [-0.2, 0) is 0 Å². The van der Waals surface area contributed by atoms with Gasteiger partial charge in [0.15, 0.2) is 0 Å². The van der Waals surface area contributed by atoms with Crippen LogP contribution < -0.4 is 5.32 Å². The standard InChI is InChI=1S/C16H9BrCl3N3O/c17-15-11(19)5-9(6-12(15)20)23-7-14(21-8-23)16(24)22-13-4-2-1-3-10(13)18/h1-8H,(H,22,24). The maximum absolute atomic E-state index is 12.3. The Balaban J connectivity index is 1.85. The first-order chi connectivity index (χ1) is 11.5. The van der Waals surface area contributed by atoms with Crippen LogP contribution in [0, 0.1) is 0 Å². The Morgan fingerprint density at radius 2 is 1.75 bits per heavy atom. The molecule has 0 aliphatic heterocycles. The summed E-state index contributed by atoms with van der Waals surface area (Å²) in [4.78, 5) is 16.4. The lowest BCUT2D eigenvalue weighted by atomic mass is 10.3. The Kier molecular flexibility index (Phi) is 5.15. The van der Waals surface area contributed by atoms with E-state index in [-0.39, 0.29) is 11.6 Å². The third kappa shape index (κ3) is 3.59. The highest BCUT2D eigenvalue weighted by atomic mass is 79.9. The monoisotopic (exact) mass is 443 g/mol. The zero-order chi connectivity index (χ0) is 17.3. The average Bonchev–Trinajstić information content (AvgIpc) is 3.04. The van der Waals surface area contributed by atoms with Gasteiger partial charge in [0.1, 0.15) is 12.0 Å². The molecule has 0 fully saturated rings. The van der Waals surface area contributed by atoms with Crippen molar-refractivity contribution in [1.82, 2.24) is 9.55 Å². The molecule has 0 aliphatic carbocycles. The minimum atomic E-state index is -0.365. The van der Waals surface area contributed by atoms with Crippen LogP contribution in [0.1, 0.15) is 10.5 Å². The predicted molar refractivity (Wildman–Crippen MR) is 101 cm³/mol. The molecule has 2 aromatic carbocycles. The highest BCUT2D eigenvalue weighted by Crippen LogP contribution is 2.32. The summed E-state index contributed by atoms with van der Waals surface area (Å²) in [6.07, 6.45) is 3.10. The fourth-order valence-electron chi connectivity index (χ4n) is 2.02. The molecule has 1 aromatic heterocycles. The molecular weight excluding hydrogens is 436 g/mol. The number of imidazole rings is 1. The predicted octanol–water partition coefficient (Wildman–Crippen LogP) is 5.85. The summed E-state index contributed by atoms with van der Waals surface area (Å²) in [5.74, 6) is -0.365. The maximum Gasteiger partial charge on any atom is 0.275 e. The number of benzene rings is 2. The van der Waals surface area contributed by atoms with Gasteiger partial charge in [-0.1, -0.05) is 46.9 Å². The van der Waals surface area contributed by atoms with E-state index in [2.05, 4.69) is 26.2 Å². The van der Waals surface area contributed by atoms with Gasteiger partial charge in [0.25, 0.3) is 5.91 Å². The smallest absolute Gasteiger partial charge is 0.275 e. The van der Waals surface area contributed by atoms with Gasteiger partial charge in [-0.25, -0.2) is 4.98 Å². The molecule has 122 valence electrons. The van der Waals surface area contributed by atoms with Crippen LogP contribution in [0.3, 0.4) is 0 Å². The van der Waals surface area contributed by atoms with Crippen LogP contribution in [0.5, 0.6) is 0 Å². The maximum atomic E-state index is 12.3. The van der Waals surface area contributed by atoms with Gasteiger partial charge in [-0.05, 0) is 40.2 Å². The Morgan fingerprint density at radius 1 is 1.08 bits per heavy atom. The number of para-hydroxylation sites is 1. The molecule has 0 saturated heterocycles. The van der Waals surface area contributed by atoms with Gasteiger partial charge in [0, 0.05) is 11.9 Å². The summed E-state index contributed by atoms with van der Waals surface area (Å²) in [6, 6.07) is 10.4. The van der Waals surface area contributed by atoms with Crippen molar-refractivity contribution in [2.45, 2.75) is 0 Å². The number of amides is 1. The van der Waals surface area contributed by atoms with Gasteiger partial charge in [-0.2, -0.15) is 0 Å². The Morgan fingerprint density at radius 3 is 2.42 bits per heavy atom. The molecule has 0 radical (unpaired) electrons. The number of halogens is 4. The van der Waals surface area contributed by atoms with Crippen molar-refractivity contribution >= 4 is 62.3 Å². The molecule has 24 heavy (non-hydrogen) atoms. The number of carbonyl (C=O) groups excluding carboxylic acids is 1. The summed E-state index contributed by atoms with van der Waals surface area (Å²) in [5, 5.41) is 4.10. The minimum absolute atomic E-state index is 0.241. The zero-order valence-corrected chi connectivity index (χ0v) is 15.8. The van der Waals surface area contributed by atoms with Crippen molar-refractivity contribution in [2.75, 3.05) is 5.32 Å². The van der Waals surface area contributed by atoms with E-state index < -0.39 is 0 Å². The molecule has 0 bridgehead atoms. The lowest BCUT2D eigenvalue weighted by molar-refractivity contribution is 0.102. The molecule has 1 amide bonds. The normalized spacial score (nSPS) is 10.7. The number of aromatic nitrogens is 2. The van der Waals surface area contributed by atoms with E-state index in [0.717, 1.165) is 0 Å². The van der Waals surface area contributed by atoms with Crippen LogP contribution in [0.4, 0.5) is 5.69 Å². The van der Waals surface area contributed by atoms with Gasteiger partial charge >= 0.3 is 0 Å². The van der Waals surface area contributed by atoms with E-state index in [9.17, 15) is 4.79 Å². The second-order valence-electron chi connectivity index (χ2n) is 4.82. The Hall–Kier alpha value is -1.53. The minimum Gasteiger partial charge on any atom is -0.319 e. The van der Waals surface area contributed by atoms with E-state index in [1.54, 1.807) is 47.2 Å². The fourth-order valence-corrected chi connectivity index (χ4v) is 2.91. The van der Waals surface area contributed by atoms with Crippen molar-refractivity contribution < 1.29 is 4.79 Å². The molecule has 4 nitrogen and oxygen atoms in total. The first-order valence-electron chi connectivity index (χ1n) is 6.70. The number of nitrogens with one attached hydrogen (secondary N) is 1. The summed E-state index contributed by atoms with van der Waals surface area (Å²) in [7, 11) is 0. The summed E-state index contributed by atoms with van der Waals surface area (Å²) < 4.78 is 2.28. The highest BCUT2D eigenvalue weighted by Gasteiger charge is 2.13. The molecule has 0 saturated carbocycles. The lowest BCUT2D eigenvalue weighted by Gasteiger charge is -2.06. The molecule has 3 aromatic rings. The van der Waals surface area contributed by atoms with Crippen LogP contribution >= 0.6 is 50.7 Å². The first kappa shape index (κ1) is 17.3. The average molecular weight is 446 g/mol. The summed E-state index contributed by atoms with van der Waals surface area (Å²) >= 11 is 21.5. The third-order valence-electron chi connectivity index (χ3n) is 3.20. The Bertz CT molecular complexity index is 903. The summed E-state index contributed by atoms with van der Waals surface area (Å²) in [6.45, 7) is 0. The van der Waals surface area contributed by atoms with E-state index >= 15 is 0 Å². The second-order valence-corrected chi connectivity index (χ2v) is 6.84. The van der Waals surface area contributed by atoms with Crippen LogP contribution in [-0.4, -0.2) is 15.5 Å². The first-order valence-corrected chi connectivity index (χ1v) is 8.63. The Labute approximate surface area is 161 Å². The van der Waals surface area contributed by atoms with Crippen molar-refractivity contribution in [3.8, 4) is 5.69 Å². The van der Waals surface area contributed by atoms with Crippen molar-refractivity contribution in [3.05, 3.63) is 74.2 Å². The SMILES string of the molecule is O=C(Nc1ccccc1Cl)c1cn(-c2cc(Cl)c(Br)c(Cl)c2)cn1. The second kappa shape index (κ2) is 7.15. The molecule has 0 spiro atoms. The molecule has 1 N–H and O–H groups in total. The van der Waals surface area contributed by atoms with E-state index in [1.165, 1.54) is 6.33 Å². The number of hydrogen-bond donors (Lipinski definition) is 1. The largest absolute Gasteiger partial charge is 0.319 e. The van der Waals surface area contributed by atoms with Crippen LogP contribution in [0.2, 0.25) is 15.1 Å². The molecule has 0 aliphatic rings. The summed E-state index contributed by atoms with van der Waals surface area (Å²) in [5.41, 5.74) is 1.45. The van der Waals surface area contributed by atoms with Gasteiger partial charge in [-0.3, -0.25) is 4.79 Å². The number of carbonyl (C=O) groups is 1. The molecule has 1 heterocycles. The van der Waals surface area contributed by atoms with Gasteiger partial charge < -0.3 is 9.88 Å². The lowest BCUT2D eigenvalue weighted by Crippen LogP contribution is -2.12. The van der Waals surface area contributed by atoms with Gasteiger partial charge in [-0.15, -0.1) is 0 Å². The fraction of sp³-hybridized carbons (Fsp3) is 0. The van der Waals surface area contributed by atoms with Crippen molar-refractivity contribution in [2.24, 2.45) is 0 Å². The molecule has 8 heteroatoms. The molecule has 0 unspecified atom stereocenters. The van der Waals surface area contributed by atoms with E-state index in [0.29, 0.717) is 30.9 Å². The quantitative estimate of drug-likeness (QED) is 0.514. The highest BCUT2D eigenvalue weighted by molar-refractivity contribution is 9.10. The van der Waals surface area contributed by atoms with Crippen molar-refractivity contribution in [3.63, 3.8) is 0 Å². The van der Waals surface area contributed by atoms with E-state index in [4.69, 9.17) is 34.8 Å². The number of hydrogen-bond acceptors (Lipinski definition) is 2. The third-order valence-corrected chi connectivity index (χ3v) is 5.44. The van der Waals surface area contributed by atoms with Crippen LogP contribution in [0.25, 0.3) is 5.69 Å². The molecule has 0 atom stereocenters.